The van der Waals surface area contributed by atoms with E-state index in [1.807, 2.05) is 0 Å². The van der Waals surface area contributed by atoms with Crippen LogP contribution in [0.2, 0.25) is 0 Å². The number of anilines is 1. The molecule has 0 saturated heterocycles. The van der Waals surface area contributed by atoms with Crippen LogP contribution in [0.1, 0.15) is 35.2 Å². The zero-order chi connectivity index (χ0) is 23.1. The summed E-state index contributed by atoms with van der Waals surface area (Å²) in [5.74, 6) is -0.458. The molecule has 1 rings (SSSR count). The molecule has 1 aromatic rings. The van der Waals surface area contributed by atoms with Crippen LogP contribution < -0.4 is 21.3 Å². The molecule has 170 valence electrons. The van der Waals surface area contributed by atoms with Crippen LogP contribution in [0.3, 0.4) is 0 Å². The lowest BCUT2D eigenvalue weighted by Gasteiger charge is -2.27. The van der Waals surface area contributed by atoms with E-state index in [2.05, 4.69) is 21.3 Å². The third-order valence-corrected chi connectivity index (χ3v) is 4.72. The Labute approximate surface area is 182 Å². The molecular formula is C21H31N5O5. The minimum atomic E-state index is -0.553. The van der Waals surface area contributed by atoms with Gasteiger partial charge in [0.05, 0.1) is 6.04 Å². The van der Waals surface area contributed by atoms with Gasteiger partial charge in [-0.05, 0) is 19.5 Å². The van der Waals surface area contributed by atoms with Gasteiger partial charge >= 0.3 is 0 Å². The fourth-order valence-electron chi connectivity index (χ4n) is 3.07. The Kier molecular flexibility index (Phi) is 12.4. The molecule has 0 heterocycles. The highest BCUT2D eigenvalue weighted by Gasteiger charge is 2.23. The Balaban J connectivity index is 2.86. The molecule has 0 radical (unpaired) electrons. The first-order chi connectivity index (χ1) is 15.0. The fraction of sp³-hybridized carbons (Fsp3) is 0.476. The molecule has 1 unspecified atom stereocenters. The van der Waals surface area contributed by atoms with Crippen molar-refractivity contribution < 1.29 is 24.0 Å². The van der Waals surface area contributed by atoms with Crippen molar-refractivity contribution in [3.05, 3.63) is 29.3 Å². The van der Waals surface area contributed by atoms with Crippen LogP contribution in [0.5, 0.6) is 0 Å². The van der Waals surface area contributed by atoms with Gasteiger partial charge in [0.1, 0.15) is 12.6 Å². The first-order valence-corrected chi connectivity index (χ1v) is 10.1. The second-order valence-electron chi connectivity index (χ2n) is 6.90. The minimum absolute atomic E-state index is 0.210. The van der Waals surface area contributed by atoms with Crippen molar-refractivity contribution in [3.8, 4) is 0 Å². The molecule has 0 aliphatic rings. The summed E-state index contributed by atoms with van der Waals surface area (Å²) in [5.41, 5.74) is 1.50. The highest BCUT2D eigenvalue weighted by atomic mass is 16.2. The quantitative estimate of drug-likeness (QED) is 0.207. The van der Waals surface area contributed by atoms with Gasteiger partial charge in [0, 0.05) is 62.9 Å². The summed E-state index contributed by atoms with van der Waals surface area (Å²) in [6.45, 7) is 1.68. The Morgan fingerprint density at radius 2 is 1.90 bits per heavy atom. The highest BCUT2D eigenvalue weighted by Crippen LogP contribution is 2.22. The van der Waals surface area contributed by atoms with Gasteiger partial charge in [-0.3, -0.25) is 24.1 Å². The number of nitrogens with zero attached hydrogens (tertiary/aromatic N) is 1. The van der Waals surface area contributed by atoms with Crippen LogP contribution in [0, 0.1) is 0 Å². The normalized spacial score (nSPS) is 11.5. The Bertz CT molecular complexity index is 756. The summed E-state index contributed by atoms with van der Waals surface area (Å²) in [6.07, 6.45) is 2.87. The van der Waals surface area contributed by atoms with Crippen LogP contribution in [-0.4, -0.2) is 75.5 Å². The van der Waals surface area contributed by atoms with Crippen molar-refractivity contribution in [1.29, 1.82) is 0 Å². The maximum Gasteiger partial charge on any atom is 0.237 e. The lowest BCUT2D eigenvalue weighted by Crippen LogP contribution is -2.44. The molecule has 0 aliphatic carbocycles. The number of carbonyl (C=O) groups is 5. The van der Waals surface area contributed by atoms with Gasteiger partial charge in [-0.2, -0.15) is 0 Å². The summed E-state index contributed by atoms with van der Waals surface area (Å²) in [6, 6.07) is 4.47. The van der Waals surface area contributed by atoms with E-state index in [4.69, 9.17) is 0 Å². The monoisotopic (exact) mass is 433 g/mol. The molecule has 0 saturated carbocycles. The van der Waals surface area contributed by atoms with Crippen molar-refractivity contribution in [3.63, 3.8) is 0 Å². The zero-order valence-electron chi connectivity index (χ0n) is 18.0. The van der Waals surface area contributed by atoms with Crippen molar-refractivity contribution in [2.24, 2.45) is 0 Å². The molecule has 3 amide bonds. The lowest BCUT2D eigenvalue weighted by atomic mass is 10.0. The predicted molar refractivity (Wildman–Crippen MR) is 117 cm³/mol. The number of likely N-dealkylation sites (N-methyl/N-ethyl adjacent to an activating group) is 2. The predicted octanol–water partition coefficient (Wildman–Crippen LogP) is -0.311. The number of benzene rings is 1. The van der Waals surface area contributed by atoms with Crippen molar-refractivity contribution in [2.75, 3.05) is 39.0 Å². The molecule has 10 heteroatoms. The van der Waals surface area contributed by atoms with Gasteiger partial charge in [-0.1, -0.05) is 12.1 Å². The van der Waals surface area contributed by atoms with Gasteiger partial charge in [-0.25, -0.2) is 0 Å². The number of carbonyl (C=O) groups excluding carboxylic acids is 5. The first kappa shape index (κ1) is 25.9. The molecule has 0 fully saturated rings. The molecular weight excluding hydrogens is 402 g/mol. The van der Waals surface area contributed by atoms with E-state index in [0.717, 1.165) is 6.29 Å². The smallest absolute Gasteiger partial charge is 0.237 e. The maximum atomic E-state index is 12.3. The van der Waals surface area contributed by atoms with E-state index < -0.39 is 6.04 Å². The van der Waals surface area contributed by atoms with Gasteiger partial charge in [0.25, 0.3) is 0 Å². The molecule has 4 N–H and O–H groups in total. The number of hydrogen-bond acceptors (Lipinski definition) is 7. The zero-order valence-corrected chi connectivity index (χ0v) is 18.0. The molecule has 0 aliphatic heterocycles. The average molecular weight is 434 g/mol. The second-order valence-corrected chi connectivity index (χ2v) is 6.90. The summed E-state index contributed by atoms with van der Waals surface area (Å²) in [4.78, 5) is 58.9. The molecule has 0 bridgehead atoms. The van der Waals surface area contributed by atoms with Crippen LogP contribution >= 0.6 is 0 Å². The van der Waals surface area contributed by atoms with E-state index >= 15 is 0 Å². The Morgan fingerprint density at radius 1 is 1.13 bits per heavy atom. The van der Waals surface area contributed by atoms with Crippen LogP contribution in [-0.2, 0) is 25.7 Å². The SMILES string of the molecule is CNC(=O)C(CCC=O)N(C)Cc1c(C=O)cccc1NC(=O)CCNCCNC=O. The number of rotatable bonds is 16. The average Bonchev–Trinajstić information content (AvgIpc) is 2.77. The van der Waals surface area contributed by atoms with Gasteiger partial charge < -0.3 is 26.1 Å². The first-order valence-electron chi connectivity index (χ1n) is 10.1. The third kappa shape index (κ3) is 9.06. The molecule has 0 spiro atoms. The summed E-state index contributed by atoms with van der Waals surface area (Å²) in [5, 5.41) is 11.0. The van der Waals surface area contributed by atoms with Gasteiger partial charge in [0.15, 0.2) is 0 Å². The summed E-state index contributed by atoms with van der Waals surface area (Å²) in [7, 11) is 3.26. The van der Waals surface area contributed by atoms with Crippen molar-refractivity contribution >= 4 is 36.5 Å². The Hall–Kier alpha value is -3.11. The number of amides is 3. The molecule has 1 atom stereocenters. The molecule has 0 aromatic heterocycles. The molecule has 10 nitrogen and oxygen atoms in total. The van der Waals surface area contributed by atoms with Gasteiger partial charge in [0.2, 0.25) is 18.2 Å². The maximum absolute atomic E-state index is 12.3. The van der Waals surface area contributed by atoms with Crippen LogP contribution in [0.25, 0.3) is 0 Å². The highest BCUT2D eigenvalue weighted by molar-refractivity contribution is 5.93. The topological polar surface area (TPSA) is 137 Å². The fourth-order valence-corrected chi connectivity index (χ4v) is 3.07. The van der Waals surface area contributed by atoms with Crippen LogP contribution in [0.15, 0.2) is 18.2 Å². The largest absolute Gasteiger partial charge is 0.358 e. The standard InChI is InChI=1S/C21H31N5O5/c1-22-21(31)19(7-4-12-27)26(2)13-17-16(14-28)5-3-6-18(17)25-20(30)8-9-23-10-11-24-15-29/h3,5-6,12,14-15,19,23H,4,7-11,13H2,1-2H3,(H,22,31)(H,24,29)(H,25,30). The third-order valence-electron chi connectivity index (χ3n) is 4.72. The number of aldehydes is 2. The number of hydrogen-bond donors (Lipinski definition) is 4. The second kappa shape index (κ2) is 14.8. The van der Waals surface area contributed by atoms with E-state index in [0.29, 0.717) is 55.6 Å². The van der Waals surface area contributed by atoms with E-state index in [-0.39, 0.29) is 31.2 Å². The van der Waals surface area contributed by atoms with Crippen molar-refractivity contribution in [1.82, 2.24) is 20.9 Å². The molecule has 31 heavy (non-hydrogen) atoms. The lowest BCUT2D eigenvalue weighted by molar-refractivity contribution is -0.126. The summed E-state index contributed by atoms with van der Waals surface area (Å²) < 4.78 is 0. The Morgan fingerprint density at radius 3 is 2.55 bits per heavy atom. The van der Waals surface area contributed by atoms with Gasteiger partial charge in [-0.15, -0.1) is 0 Å². The van der Waals surface area contributed by atoms with E-state index in [9.17, 15) is 24.0 Å². The van der Waals surface area contributed by atoms with Crippen molar-refractivity contribution in [2.45, 2.75) is 31.8 Å². The minimum Gasteiger partial charge on any atom is -0.358 e. The van der Waals surface area contributed by atoms with Crippen LogP contribution in [0.4, 0.5) is 5.69 Å². The number of nitrogens with one attached hydrogen (secondary N) is 4. The van der Waals surface area contributed by atoms with E-state index in [1.165, 1.54) is 7.05 Å². The van der Waals surface area contributed by atoms with E-state index in [1.54, 1.807) is 30.1 Å². The summed E-state index contributed by atoms with van der Waals surface area (Å²) >= 11 is 0. The molecule has 1 aromatic carbocycles.